The van der Waals surface area contributed by atoms with Gasteiger partial charge in [0.15, 0.2) is 0 Å². The number of halogens is 3. The Bertz CT molecular complexity index is 817. The van der Waals surface area contributed by atoms with Gasteiger partial charge in [0, 0.05) is 11.4 Å². The second kappa shape index (κ2) is 10.1. The van der Waals surface area contributed by atoms with E-state index in [4.69, 9.17) is 34.7 Å². The summed E-state index contributed by atoms with van der Waals surface area (Å²) in [5, 5.41) is 0. The molecule has 1 aliphatic heterocycles. The Hall–Kier alpha value is -1.03. The maximum Gasteiger partial charge on any atom is 0.488 e. The van der Waals surface area contributed by atoms with Crippen molar-refractivity contribution in [3.05, 3.63) is 58.7 Å². The van der Waals surface area contributed by atoms with E-state index in [0.29, 0.717) is 23.7 Å². The molecule has 0 aromatic heterocycles. The van der Waals surface area contributed by atoms with Gasteiger partial charge in [-0.3, -0.25) is 0 Å². The lowest BCUT2D eigenvalue weighted by Crippen LogP contribution is -2.43. The summed E-state index contributed by atoms with van der Waals surface area (Å²) in [6.45, 7) is 17.7. The minimum Gasteiger partial charge on any atom is -0.363 e. The van der Waals surface area contributed by atoms with Crippen LogP contribution in [0.1, 0.15) is 101 Å². The molecule has 3 rings (SSSR count). The Labute approximate surface area is 210 Å². The Morgan fingerprint density at radius 3 is 1.06 bits per heavy atom. The predicted octanol–water partition coefficient (Wildman–Crippen LogP) is 8.86. The topological polar surface area (TPSA) is 6.48 Å². The standard InChI is InChI=1S/C26H36BCl3N2/c1-15(2)19-11-9-12-20(16(3)4)23(19)31-25(28)26(29)32(27(31)30)24-21(17(5)6)13-10-14-22(24)18(7)8/h9-18,25-26H,1-8H3/t25-,26-/m1/s1. The zero-order valence-electron chi connectivity index (χ0n) is 20.5. The van der Waals surface area contributed by atoms with Gasteiger partial charge in [0.05, 0.1) is 0 Å². The van der Waals surface area contributed by atoms with Crippen LogP contribution >= 0.6 is 34.7 Å². The molecule has 1 aliphatic rings. The molecule has 32 heavy (non-hydrogen) atoms. The summed E-state index contributed by atoms with van der Waals surface area (Å²) >= 11 is 21.5. The highest BCUT2D eigenvalue weighted by molar-refractivity contribution is 7.12. The Balaban J connectivity index is 2.23. The molecule has 6 heteroatoms. The van der Waals surface area contributed by atoms with Crippen LogP contribution in [0, 0.1) is 0 Å². The van der Waals surface area contributed by atoms with Crippen molar-refractivity contribution in [2.24, 2.45) is 0 Å². The molecular weight excluding hydrogens is 457 g/mol. The number of alkyl halides is 2. The fraction of sp³-hybridized carbons (Fsp3) is 0.538. The highest BCUT2D eigenvalue weighted by Gasteiger charge is 2.51. The number of rotatable bonds is 6. The summed E-state index contributed by atoms with van der Waals surface area (Å²) in [6.07, 6.45) is -0.491. The van der Waals surface area contributed by atoms with Crippen LogP contribution in [-0.4, -0.2) is 17.4 Å². The van der Waals surface area contributed by atoms with E-state index in [9.17, 15) is 0 Å². The molecule has 1 saturated heterocycles. The number of hydrogen-bond acceptors (Lipinski definition) is 2. The van der Waals surface area contributed by atoms with Gasteiger partial charge >= 0.3 is 6.40 Å². The molecule has 0 bridgehead atoms. The Kier molecular flexibility index (Phi) is 8.06. The summed E-state index contributed by atoms with van der Waals surface area (Å²) in [5.41, 5.74) is 6.32. The number of nitrogens with zero attached hydrogens (tertiary/aromatic N) is 2. The average Bonchev–Trinajstić information content (AvgIpc) is 2.94. The normalized spacial score (nSPS) is 19.4. The summed E-state index contributed by atoms with van der Waals surface area (Å²) in [5.74, 6) is 1.36. The van der Waals surface area contributed by atoms with Gasteiger partial charge < -0.3 is 9.62 Å². The minimum atomic E-state index is -0.491. The van der Waals surface area contributed by atoms with E-state index in [1.54, 1.807) is 0 Å². The van der Waals surface area contributed by atoms with Crippen LogP contribution in [0.3, 0.4) is 0 Å². The van der Waals surface area contributed by atoms with Crippen LogP contribution in [0.5, 0.6) is 0 Å². The van der Waals surface area contributed by atoms with Gasteiger partial charge in [-0.25, -0.2) is 0 Å². The molecule has 2 nitrogen and oxygen atoms in total. The largest absolute Gasteiger partial charge is 0.488 e. The third-order valence-corrected chi connectivity index (χ3v) is 7.87. The van der Waals surface area contributed by atoms with Crippen molar-refractivity contribution >= 4 is 52.4 Å². The first-order valence-electron chi connectivity index (χ1n) is 11.7. The maximum absolute atomic E-state index is 7.29. The molecule has 2 atom stereocenters. The van der Waals surface area contributed by atoms with E-state index in [2.05, 4.69) is 101 Å². The zero-order valence-corrected chi connectivity index (χ0v) is 22.8. The van der Waals surface area contributed by atoms with Crippen molar-refractivity contribution in [1.29, 1.82) is 0 Å². The molecule has 174 valence electrons. The summed E-state index contributed by atoms with van der Waals surface area (Å²) < 4.78 is 0. The van der Waals surface area contributed by atoms with Crippen molar-refractivity contribution < 1.29 is 0 Å². The number of benzene rings is 2. The second-order valence-corrected chi connectivity index (χ2v) is 11.3. The predicted molar refractivity (Wildman–Crippen MR) is 145 cm³/mol. The van der Waals surface area contributed by atoms with Gasteiger partial charge in [-0.05, 0) is 45.9 Å². The molecule has 0 amide bonds. The summed E-state index contributed by atoms with van der Waals surface area (Å²) in [6, 6.07) is 13.0. The number of para-hydroxylation sites is 2. The highest BCUT2D eigenvalue weighted by Crippen LogP contribution is 2.47. The van der Waals surface area contributed by atoms with Gasteiger partial charge in [0.1, 0.15) is 11.0 Å². The third-order valence-electron chi connectivity index (χ3n) is 6.42. The van der Waals surface area contributed by atoms with E-state index in [0.717, 1.165) is 11.4 Å². The van der Waals surface area contributed by atoms with E-state index >= 15 is 0 Å². The smallest absolute Gasteiger partial charge is 0.363 e. The van der Waals surface area contributed by atoms with Crippen molar-refractivity contribution in [3.8, 4) is 0 Å². The molecule has 0 saturated carbocycles. The van der Waals surface area contributed by atoms with Crippen LogP contribution in [0.2, 0.25) is 0 Å². The van der Waals surface area contributed by atoms with Crippen LogP contribution in [-0.2, 0) is 0 Å². The molecule has 2 aromatic rings. The molecule has 0 N–H and O–H groups in total. The second-order valence-electron chi connectivity index (χ2n) is 10.1. The zero-order chi connectivity index (χ0) is 23.9. The van der Waals surface area contributed by atoms with Crippen molar-refractivity contribution in [2.75, 3.05) is 9.62 Å². The molecule has 0 unspecified atom stereocenters. The first kappa shape index (κ1) is 25.6. The lowest BCUT2D eigenvalue weighted by atomic mass is 9.87. The van der Waals surface area contributed by atoms with Crippen molar-refractivity contribution in [3.63, 3.8) is 0 Å². The lowest BCUT2D eigenvalue weighted by molar-refractivity contribution is 0.798. The summed E-state index contributed by atoms with van der Waals surface area (Å²) in [7, 11) is 0. The van der Waals surface area contributed by atoms with Crippen molar-refractivity contribution in [1.82, 2.24) is 0 Å². The molecule has 1 heterocycles. The van der Waals surface area contributed by atoms with Gasteiger partial charge in [-0.15, -0.1) is 11.5 Å². The molecule has 0 aliphatic carbocycles. The van der Waals surface area contributed by atoms with E-state index < -0.39 is 17.4 Å². The Morgan fingerprint density at radius 1 is 0.594 bits per heavy atom. The van der Waals surface area contributed by atoms with Gasteiger partial charge in [-0.1, -0.05) is 115 Å². The first-order valence-corrected chi connectivity index (χ1v) is 13.0. The van der Waals surface area contributed by atoms with Crippen LogP contribution < -0.4 is 9.62 Å². The van der Waals surface area contributed by atoms with Gasteiger partial charge in [0.25, 0.3) is 0 Å². The molecule has 0 radical (unpaired) electrons. The van der Waals surface area contributed by atoms with E-state index in [-0.39, 0.29) is 0 Å². The number of anilines is 2. The van der Waals surface area contributed by atoms with Gasteiger partial charge in [-0.2, -0.15) is 0 Å². The molecule has 0 spiro atoms. The third kappa shape index (κ3) is 4.50. The first-order chi connectivity index (χ1) is 15.0. The van der Waals surface area contributed by atoms with E-state index in [1.165, 1.54) is 22.3 Å². The van der Waals surface area contributed by atoms with Crippen LogP contribution in [0.4, 0.5) is 11.4 Å². The van der Waals surface area contributed by atoms with Gasteiger partial charge in [0.2, 0.25) is 0 Å². The molecule has 1 fully saturated rings. The quantitative estimate of drug-likeness (QED) is 0.225. The molecular formula is C26H36BCl3N2. The maximum atomic E-state index is 7.29. The highest BCUT2D eigenvalue weighted by atomic mass is 35.5. The van der Waals surface area contributed by atoms with Crippen LogP contribution in [0.25, 0.3) is 0 Å². The lowest BCUT2D eigenvalue weighted by Gasteiger charge is -2.33. The average molecular weight is 494 g/mol. The molecule has 2 aromatic carbocycles. The van der Waals surface area contributed by atoms with Crippen LogP contribution in [0.15, 0.2) is 36.4 Å². The number of hydrogen-bond donors (Lipinski definition) is 0. The monoisotopic (exact) mass is 492 g/mol. The van der Waals surface area contributed by atoms with E-state index in [1.807, 2.05) is 0 Å². The Morgan fingerprint density at radius 2 is 0.844 bits per heavy atom. The van der Waals surface area contributed by atoms with Crippen molar-refractivity contribution in [2.45, 2.75) is 90.1 Å². The SMILES string of the molecule is CC(C)c1cccc(C(C)C)c1N1B(Cl)N(c2c(C(C)C)cccc2C(C)C)[C@@H](Cl)[C@@H]1Cl. The minimum absolute atomic E-state index is 0.341. The summed E-state index contributed by atoms with van der Waals surface area (Å²) in [4.78, 5) is 4.26. The fourth-order valence-electron chi connectivity index (χ4n) is 4.71. The fourth-order valence-corrected chi connectivity index (χ4v) is 5.92.